The van der Waals surface area contributed by atoms with Gasteiger partial charge in [0.2, 0.25) is 0 Å². The molecule has 0 saturated carbocycles. The van der Waals surface area contributed by atoms with Crippen LogP contribution >= 0.6 is 7.82 Å². The lowest BCUT2D eigenvalue weighted by atomic mass is 9.98. The lowest BCUT2D eigenvalue weighted by Crippen LogP contribution is -2.61. The monoisotopic (exact) mass is 424 g/mol. The topological polar surface area (TPSA) is 247 Å². The van der Waals surface area contributed by atoms with Crippen molar-refractivity contribution in [1.82, 2.24) is 0 Å². The van der Waals surface area contributed by atoms with Crippen LogP contribution in [0, 0.1) is 0 Å². The van der Waals surface area contributed by atoms with E-state index in [2.05, 4.69) is 4.52 Å². The summed E-state index contributed by atoms with van der Waals surface area (Å²) in [5.74, 6) is 0. The molecule has 10 N–H and O–H groups in total. The van der Waals surface area contributed by atoms with Gasteiger partial charge in [-0.2, -0.15) is 0 Å². The Kier molecular flexibility index (Phi) is 9.60. The molecule has 0 unspecified atom stereocenters. The van der Waals surface area contributed by atoms with Crippen molar-refractivity contribution >= 4 is 7.82 Å². The second kappa shape index (κ2) is 10.5. The van der Waals surface area contributed by atoms with Gasteiger partial charge in [0.25, 0.3) is 0 Å². The smallest absolute Gasteiger partial charge is 0.394 e. The zero-order chi connectivity index (χ0) is 20.9. The van der Waals surface area contributed by atoms with Gasteiger partial charge in [-0.05, 0) is 0 Å². The lowest BCUT2D eigenvalue weighted by Gasteiger charge is -2.42. The number of aliphatic hydroxyl groups is 8. The number of phosphoric acid groups is 1. The van der Waals surface area contributed by atoms with Crippen molar-refractivity contribution in [1.29, 1.82) is 0 Å². The number of phosphoric ester groups is 1. The van der Waals surface area contributed by atoms with Crippen LogP contribution in [-0.4, -0.2) is 126 Å². The zero-order valence-electron chi connectivity index (χ0n) is 13.9. The van der Waals surface area contributed by atoms with Crippen molar-refractivity contribution in [2.75, 3.05) is 19.8 Å². The van der Waals surface area contributed by atoms with Gasteiger partial charge >= 0.3 is 7.82 Å². The summed E-state index contributed by atoms with van der Waals surface area (Å²) < 4.78 is 25.1. The van der Waals surface area contributed by atoms with Gasteiger partial charge < -0.3 is 60.1 Å². The fourth-order valence-electron chi connectivity index (χ4n) is 2.32. The molecule has 0 bridgehead atoms. The molecule has 0 aromatic carbocycles. The Labute approximate surface area is 153 Å². The molecule has 1 aliphatic heterocycles. The molecule has 0 aromatic heterocycles. The molecule has 0 radical (unpaired) electrons. The van der Waals surface area contributed by atoms with Gasteiger partial charge in [-0.15, -0.1) is 0 Å². The summed E-state index contributed by atoms with van der Waals surface area (Å²) in [6.45, 7) is -2.81. The molecule has 1 heterocycles. The van der Waals surface area contributed by atoms with E-state index in [4.69, 9.17) is 29.5 Å². The van der Waals surface area contributed by atoms with Crippen LogP contribution in [0.5, 0.6) is 0 Å². The van der Waals surface area contributed by atoms with E-state index in [9.17, 15) is 35.2 Å². The first-order valence-corrected chi connectivity index (χ1v) is 9.27. The lowest BCUT2D eigenvalue weighted by molar-refractivity contribution is -0.326. The van der Waals surface area contributed by atoms with Crippen molar-refractivity contribution in [3.63, 3.8) is 0 Å². The minimum atomic E-state index is -4.94. The quantitative estimate of drug-likeness (QED) is 0.147. The zero-order valence-corrected chi connectivity index (χ0v) is 14.8. The molecular weight excluding hydrogens is 399 g/mol. The van der Waals surface area contributed by atoms with Gasteiger partial charge in [-0.1, -0.05) is 0 Å². The highest BCUT2D eigenvalue weighted by Crippen LogP contribution is 2.37. The van der Waals surface area contributed by atoms with Gasteiger partial charge in [-0.25, -0.2) is 4.57 Å². The molecule has 1 rings (SSSR count). The summed E-state index contributed by atoms with van der Waals surface area (Å²) in [5.41, 5.74) is 0. The number of hydrogen-bond acceptors (Lipinski definition) is 12. The van der Waals surface area contributed by atoms with Crippen LogP contribution < -0.4 is 0 Å². The SMILES string of the molecule is O=P(O)(O)OC[C@H]1O[C@H](O[C@@H]([C@H](O)[C@@H](O)CO)[C@H](O)CO)[C@H](O)[C@@H](O)[C@@H]1O. The molecule has 1 aliphatic rings. The van der Waals surface area contributed by atoms with Gasteiger partial charge in [0.05, 0.1) is 19.8 Å². The van der Waals surface area contributed by atoms with Crippen LogP contribution in [0.25, 0.3) is 0 Å². The van der Waals surface area contributed by atoms with Crippen LogP contribution in [0.15, 0.2) is 0 Å². The first-order chi connectivity index (χ1) is 12.4. The largest absolute Gasteiger partial charge is 0.469 e. The average molecular weight is 424 g/mol. The van der Waals surface area contributed by atoms with Crippen molar-refractivity contribution in [2.45, 2.75) is 55.1 Å². The third kappa shape index (κ3) is 6.92. The summed E-state index contributed by atoms with van der Waals surface area (Å²) in [6, 6.07) is 0. The van der Waals surface area contributed by atoms with E-state index in [1.807, 2.05) is 0 Å². The summed E-state index contributed by atoms with van der Waals surface area (Å²) in [5, 5.41) is 76.6. The molecule has 1 fully saturated rings. The van der Waals surface area contributed by atoms with Gasteiger partial charge in [0.15, 0.2) is 6.29 Å². The van der Waals surface area contributed by atoms with Crippen LogP contribution in [0.1, 0.15) is 0 Å². The van der Waals surface area contributed by atoms with Crippen molar-refractivity contribution in [2.24, 2.45) is 0 Å². The highest BCUT2D eigenvalue weighted by Gasteiger charge is 2.47. The van der Waals surface area contributed by atoms with E-state index < -0.39 is 82.8 Å². The van der Waals surface area contributed by atoms with Gasteiger partial charge in [0, 0.05) is 0 Å². The maximum atomic E-state index is 10.8. The third-order valence-electron chi connectivity index (χ3n) is 3.85. The Balaban J connectivity index is 2.93. The summed E-state index contributed by atoms with van der Waals surface area (Å²) in [7, 11) is -4.94. The predicted molar refractivity (Wildman–Crippen MR) is 81.7 cm³/mol. The molecular formula is C12H25O14P. The van der Waals surface area contributed by atoms with Gasteiger partial charge in [0.1, 0.15) is 48.8 Å². The highest BCUT2D eigenvalue weighted by molar-refractivity contribution is 7.46. The van der Waals surface area contributed by atoms with Crippen LogP contribution in [0.4, 0.5) is 0 Å². The second-order valence-electron chi connectivity index (χ2n) is 5.89. The van der Waals surface area contributed by atoms with Gasteiger partial charge in [-0.3, -0.25) is 4.52 Å². The molecule has 162 valence electrons. The van der Waals surface area contributed by atoms with Crippen molar-refractivity contribution < 1.29 is 69.2 Å². The average Bonchev–Trinajstić information content (AvgIpc) is 2.62. The maximum Gasteiger partial charge on any atom is 0.469 e. The van der Waals surface area contributed by atoms with E-state index in [1.54, 1.807) is 0 Å². The summed E-state index contributed by atoms with van der Waals surface area (Å²) >= 11 is 0. The molecule has 14 nitrogen and oxygen atoms in total. The number of rotatable bonds is 10. The fourth-order valence-corrected chi connectivity index (χ4v) is 2.66. The van der Waals surface area contributed by atoms with Crippen molar-refractivity contribution in [3.8, 4) is 0 Å². The van der Waals surface area contributed by atoms with Crippen molar-refractivity contribution in [3.05, 3.63) is 0 Å². The molecule has 0 amide bonds. The molecule has 9 atom stereocenters. The minimum absolute atomic E-state index is 0.913. The number of aliphatic hydroxyl groups excluding tert-OH is 8. The normalized spacial score (nSPS) is 34.1. The Morgan fingerprint density at radius 1 is 0.926 bits per heavy atom. The Morgan fingerprint density at radius 3 is 1.96 bits per heavy atom. The van der Waals surface area contributed by atoms with Crippen LogP contribution in [-0.2, 0) is 18.6 Å². The third-order valence-corrected chi connectivity index (χ3v) is 4.34. The van der Waals surface area contributed by atoms with Crippen LogP contribution in [0.3, 0.4) is 0 Å². The molecule has 15 heteroatoms. The van der Waals surface area contributed by atoms with E-state index in [0.29, 0.717) is 0 Å². The standard InChI is InChI=1S/C12H25O14P/c13-1-4(15)7(17)11(5(16)2-14)26-12-10(20)9(19)8(18)6(25-12)3-24-27(21,22)23/h4-20H,1-3H2,(H2,21,22,23)/t4-,5+,6+,7+,8+,9-,10+,11+,12+/m0/s1. The maximum absolute atomic E-state index is 10.8. The molecule has 1 saturated heterocycles. The number of ether oxygens (including phenoxy) is 2. The van der Waals surface area contributed by atoms with E-state index >= 15 is 0 Å². The summed E-state index contributed by atoms with van der Waals surface area (Å²) in [4.78, 5) is 17.4. The minimum Gasteiger partial charge on any atom is -0.394 e. The first kappa shape index (κ1) is 24.7. The molecule has 27 heavy (non-hydrogen) atoms. The number of hydrogen-bond donors (Lipinski definition) is 10. The Bertz CT molecular complexity index is 487. The molecule has 0 aliphatic carbocycles. The Morgan fingerprint density at radius 2 is 1.48 bits per heavy atom. The van der Waals surface area contributed by atoms with Crippen LogP contribution in [0.2, 0.25) is 0 Å². The Hall–Kier alpha value is -0.290. The first-order valence-electron chi connectivity index (χ1n) is 7.74. The van der Waals surface area contributed by atoms with E-state index in [1.165, 1.54) is 0 Å². The highest BCUT2D eigenvalue weighted by atomic mass is 31.2. The van der Waals surface area contributed by atoms with E-state index in [-0.39, 0.29) is 0 Å². The molecule has 0 aromatic rings. The summed E-state index contributed by atoms with van der Waals surface area (Å²) in [6.07, 6.45) is -16.6. The molecule has 0 spiro atoms. The predicted octanol–water partition coefficient (Wildman–Crippen LogP) is -5.64. The van der Waals surface area contributed by atoms with E-state index in [0.717, 1.165) is 0 Å². The fraction of sp³-hybridized carbons (Fsp3) is 1.00. The second-order valence-corrected chi connectivity index (χ2v) is 7.13.